The molecule has 1 aromatic carbocycles. The Balaban J connectivity index is 1.48. The quantitative estimate of drug-likeness (QED) is 0.809. The average Bonchev–Trinajstić information content (AvgIpc) is 3.06. The van der Waals surface area contributed by atoms with E-state index in [0.29, 0.717) is 12.0 Å². The zero-order valence-corrected chi connectivity index (χ0v) is 15.1. The molecule has 2 heterocycles. The minimum absolute atomic E-state index is 0.239. The summed E-state index contributed by atoms with van der Waals surface area (Å²) in [6.07, 6.45) is 3.12. The first kappa shape index (κ1) is 17.4. The topological polar surface area (TPSA) is 48.4 Å². The lowest BCUT2D eigenvalue weighted by Gasteiger charge is -2.33. The van der Waals surface area contributed by atoms with Crippen molar-refractivity contribution in [2.24, 2.45) is 0 Å². The van der Waals surface area contributed by atoms with Crippen LogP contribution in [0.4, 0.5) is 5.13 Å². The van der Waals surface area contributed by atoms with E-state index >= 15 is 0 Å². The Hall–Kier alpha value is -1.43. The third kappa shape index (κ3) is 4.56. The molecule has 5 heteroatoms. The van der Waals surface area contributed by atoms with Gasteiger partial charge in [0.1, 0.15) is 0 Å². The molecule has 1 aliphatic rings. The van der Waals surface area contributed by atoms with E-state index in [1.54, 1.807) is 11.3 Å². The van der Waals surface area contributed by atoms with E-state index in [-0.39, 0.29) is 6.61 Å². The molecule has 0 aliphatic carbocycles. The van der Waals surface area contributed by atoms with Crippen LogP contribution in [0.1, 0.15) is 36.4 Å². The summed E-state index contributed by atoms with van der Waals surface area (Å²) in [7, 11) is 0. The molecule has 1 aromatic heterocycles. The summed E-state index contributed by atoms with van der Waals surface area (Å²) in [5, 5.41) is 16.4. The fraction of sp³-hybridized carbons (Fsp3) is 0.526. The molecule has 1 saturated heterocycles. The maximum atomic E-state index is 9.36. The van der Waals surface area contributed by atoms with E-state index < -0.39 is 0 Å². The van der Waals surface area contributed by atoms with Gasteiger partial charge >= 0.3 is 0 Å². The second kappa shape index (κ2) is 8.60. The number of nitrogens with one attached hydrogen (secondary N) is 1. The summed E-state index contributed by atoms with van der Waals surface area (Å²) in [5.74, 6) is 0.385. The van der Waals surface area contributed by atoms with E-state index in [2.05, 4.69) is 51.8 Å². The summed E-state index contributed by atoms with van der Waals surface area (Å²) >= 11 is 1.75. The number of benzene rings is 1. The van der Waals surface area contributed by atoms with Gasteiger partial charge in [-0.2, -0.15) is 0 Å². The number of aromatic nitrogens is 1. The summed E-state index contributed by atoms with van der Waals surface area (Å²) < 4.78 is 0. The highest BCUT2D eigenvalue weighted by Crippen LogP contribution is 2.24. The molecule has 1 fully saturated rings. The zero-order chi connectivity index (χ0) is 16.8. The highest BCUT2D eigenvalue weighted by molar-refractivity contribution is 7.13. The number of anilines is 1. The number of hydrogen-bond donors (Lipinski definition) is 2. The van der Waals surface area contributed by atoms with Crippen molar-refractivity contribution in [3.8, 4) is 0 Å². The minimum atomic E-state index is 0.239. The van der Waals surface area contributed by atoms with Crippen LogP contribution >= 0.6 is 11.3 Å². The molecule has 24 heavy (non-hydrogen) atoms. The van der Waals surface area contributed by atoms with E-state index in [4.69, 9.17) is 0 Å². The number of thiazole rings is 1. The van der Waals surface area contributed by atoms with Gasteiger partial charge in [-0.25, -0.2) is 4.98 Å². The van der Waals surface area contributed by atoms with Gasteiger partial charge in [0, 0.05) is 37.7 Å². The number of piperidine rings is 1. The van der Waals surface area contributed by atoms with Crippen LogP contribution in [0.3, 0.4) is 0 Å². The largest absolute Gasteiger partial charge is 0.396 e. The third-order valence-corrected chi connectivity index (χ3v) is 5.79. The number of aliphatic hydroxyl groups is 1. The second-order valence-electron chi connectivity index (χ2n) is 6.56. The van der Waals surface area contributed by atoms with Crippen LogP contribution in [-0.4, -0.2) is 42.4 Å². The van der Waals surface area contributed by atoms with Gasteiger partial charge in [0.2, 0.25) is 0 Å². The van der Waals surface area contributed by atoms with Crippen LogP contribution in [0.15, 0.2) is 35.7 Å². The van der Waals surface area contributed by atoms with E-state index in [1.165, 1.54) is 5.56 Å². The van der Waals surface area contributed by atoms with Crippen molar-refractivity contribution in [3.05, 3.63) is 47.0 Å². The van der Waals surface area contributed by atoms with Crippen LogP contribution < -0.4 is 10.2 Å². The maximum absolute atomic E-state index is 9.36. The summed E-state index contributed by atoms with van der Waals surface area (Å²) in [6.45, 7) is 5.37. The van der Waals surface area contributed by atoms with Gasteiger partial charge < -0.3 is 15.3 Å². The fourth-order valence-electron chi connectivity index (χ4n) is 3.34. The molecule has 1 aliphatic heterocycles. The van der Waals surface area contributed by atoms with Crippen LogP contribution in [0.25, 0.3) is 0 Å². The summed E-state index contributed by atoms with van der Waals surface area (Å²) in [5.41, 5.74) is 2.43. The fourth-order valence-corrected chi connectivity index (χ4v) is 4.20. The number of nitrogens with zero attached hydrogens (tertiary/aromatic N) is 2. The number of rotatable bonds is 7. The molecule has 2 aromatic rings. The van der Waals surface area contributed by atoms with Crippen molar-refractivity contribution in [1.82, 2.24) is 10.3 Å². The van der Waals surface area contributed by atoms with E-state index in [9.17, 15) is 5.11 Å². The lowest BCUT2D eigenvalue weighted by molar-refractivity contribution is 0.270. The minimum Gasteiger partial charge on any atom is -0.396 e. The molecular formula is C19H27N3OS. The molecule has 0 radical (unpaired) electrons. The number of aliphatic hydroxyl groups excluding tert-OH is 1. The average molecular weight is 346 g/mol. The number of hydrogen-bond acceptors (Lipinski definition) is 5. The van der Waals surface area contributed by atoms with Crippen molar-refractivity contribution in [2.45, 2.75) is 38.1 Å². The normalized spacial score (nSPS) is 17.2. The zero-order valence-electron chi connectivity index (χ0n) is 14.3. The number of aryl methyl sites for hydroxylation is 1. The highest BCUT2D eigenvalue weighted by atomic mass is 32.1. The molecule has 2 N–H and O–H groups in total. The van der Waals surface area contributed by atoms with Crippen LogP contribution in [0.5, 0.6) is 0 Å². The first-order valence-corrected chi connectivity index (χ1v) is 9.70. The second-order valence-corrected chi connectivity index (χ2v) is 7.40. The van der Waals surface area contributed by atoms with Gasteiger partial charge in [-0.1, -0.05) is 30.3 Å². The monoisotopic (exact) mass is 345 g/mol. The van der Waals surface area contributed by atoms with E-state index in [1.807, 2.05) is 6.07 Å². The van der Waals surface area contributed by atoms with Crippen LogP contribution in [0.2, 0.25) is 0 Å². The molecule has 0 amide bonds. The Morgan fingerprint density at radius 1 is 1.29 bits per heavy atom. The molecule has 0 bridgehead atoms. The lowest BCUT2D eigenvalue weighted by atomic mass is 9.95. The van der Waals surface area contributed by atoms with Crippen LogP contribution in [-0.2, 0) is 0 Å². The molecular weight excluding hydrogens is 318 g/mol. The first-order valence-electron chi connectivity index (χ1n) is 8.82. The van der Waals surface area contributed by atoms with Gasteiger partial charge in [-0.05, 0) is 37.7 Å². The summed E-state index contributed by atoms with van der Waals surface area (Å²) in [4.78, 5) is 6.99. The van der Waals surface area contributed by atoms with Crippen molar-refractivity contribution in [1.29, 1.82) is 0 Å². The van der Waals surface area contributed by atoms with Crippen LogP contribution in [0, 0.1) is 6.92 Å². The molecule has 1 atom stereocenters. The summed E-state index contributed by atoms with van der Waals surface area (Å²) in [6, 6.07) is 11.1. The lowest BCUT2D eigenvalue weighted by Crippen LogP contribution is -2.43. The molecule has 0 spiro atoms. The van der Waals surface area contributed by atoms with Crippen molar-refractivity contribution >= 4 is 16.5 Å². The highest BCUT2D eigenvalue weighted by Gasteiger charge is 2.22. The Morgan fingerprint density at radius 3 is 2.67 bits per heavy atom. The molecule has 1 unspecified atom stereocenters. The van der Waals surface area contributed by atoms with Gasteiger partial charge in [-0.3, -0.25) is 0 Å². The van der Waals surface area contributed by atoms with E-state index in [0.717, 1.165) is 49.7 Å². The predicted molar refractivity (Wildman–Crippen MR) is 101 cm³/mol. The molecule has 130 valence electrons. The molecule has 0 saturated carbocycles. The van der Waals surface area contributed by atoms with Crippen molar-refractivity contribution < 1.29 is 5.11 Å². The van der Waals surface area contributed by atoms with Crippen molar-refractivity contribution in [3.63, 3.8) is 0 Å². The van der Waals surface area contributed by atoms with Gasteiger partial charge in [0.25, 0.3) is 0 Å². The Kier molecular flexibility index (Phi) is 6.24. The third-order valence-electron chi connectivity index (χ3n) is 4.77. The van der Waals surface area contributed by atoms with Crippen molar-refractivity contribution in [2.75, 3.05) is 31.1 Å². The SMILES string of the molecule is Cc1csc(N2CCC(NCC(CCO)c3ccccc3)CC2)n1. The molecule has 4 nitrogen and oxygen atoms in total. The first-order chi connectivity index (χ1) is 11.8. The molecule has 3 rings (SSSR count). The Bertz CT molecular complexity index is 608. The Morgan fingerprint density at radius 2 is 2.04 bits per heavy atom. The smallest absolute Gasteiger partial charge is 0.185 e. The standard InChI is InChI=1S/C19H27N3OS/c1-15-14-24-19(21-15)22-10-7-18(8-11-22)20-13-17(9-12-23)16-5-3-2-4-6-16/h2-6,14,17-18,20,23H,7-13H2,1H3. The predicted octanol–water partition coefficient (Wildman–Crippen LogP) is 3.18. The van der Waals surface area contributed by atoms with Gasteiger partial charge in [-0.15, -0.1) is 11.3 Å². The van der Waals surface area contributed by atoms with Gasteiger partial charge in [0.15, 0.2) is 5.13 Å². The Labute approximate surface area is 148 Å². The van der Waals surface area contributed by atoms with Gasteiger partial charge in [0.05, 0.1) is 5.69 Å². The maximum Gasteiger partial charge on any atom is 0.185 e.